The molecule has 0 radical (unpaired) electrons. The van der Waals surface area contributed by atoms with Gasteiger partial charge >= 0.3 is 0 Å². The van der Waals surface area contributed by atoms with Gasteiger partial charge in [0.2, 0.25) is 0 Å². The third-order valence-corrected chi connectivity index (χ3v) is 4.22. The second kappa shape index (κ2) is 4.58. The van der Waals surface area contributed by atoms with E-state index in [0.717, 1.165) is 12.3 Å². The molecule has 1 aromatic carbocycles. The Morgan fingerprint density at radius 1 is 1.38 bits per heavy atom. The Morgan fingerprint density at radius 2 is 2.12 bits per heavy atom. The van der Waals surface area contributed by atoms with E-state index in [1.54, 1.807) is 5.56 Å². The summed E-state index contributed by atoms with van der Waals surface area (Å²) in [6.45, 7) is 8.08. The van der Waals surface area contributed by atoms with Gasteiger partial charge < -0.3 is 4.90 Å². The molecule has 1 aliphatic heterocycles. The number of nitrogens with zero attached hydrogens (tertiary/aromatic N) is 1. The number of hydrogen-bond acceptors (Lipinski definition) is 1. The van der Waals surface area contributed by atoms with E-state index in [9.17, 15) is 0 Å². The van der Waals surface area contributed by atoms with Gasteiger partial charge in [0.1, 0.15) is 0 Å². The van der Waals surface area contributed by atoms with Crippen LogP contribution >= 0.6 is 0 Å². The van der Waals surface area contributed by atoms with Crippen LogP contribution in [0.15, 0.2) is 18.2 Å². The van der Waals surface area contributed by atoms with Crippen LogP contribution in [0.2, 0.25) is 0 Å². The van der Waals surface area contributed by atoms with Crippen LogP contribution in [0, 0.1) is 6.92 Å². The van der Waals surface area contributed by atoms with Crippen LogP contribution in [0.3, 0.4) is 0 Å². The summed E-state index contributed by atoms with van der Waals surface area (Å²) >= 11 is 0. The molecule has 0 aliphatic carbocycles. The molecule has 2 atom stereocenters. The molecule has 0 amide bonds. The second-order valence-corrected chi connectivity index (χ2v) is 5.16. The fourth-order valence-electron chi connectivity index (χ4n) is 2.82. The van der Waals surface area contributed by atoms with Gasteiger partial charge in [0.25, 0.3) is 0 Å². The van der Waals surface area contributed by atoms with Gasteiger partial charge in [-0.05, 0) is 57.0 Å². The maximum atomic E-state index is 2.47. The van der Waals surface area contributed by atoms with Crippen molar-refractivity contribution in [2.75, 3.05) is 13.6 Å². The molecule has 1 saturated heterocycles. The van der Waals surface area contributed by atoms with Crippen LogP contribution in [0.5, 0.6) is 0 Å². The molecular formula is C15H23N. The minimum absolute atomic E-state index is 0.686. The molecule has 0 bridgehead atoms. The van der Waals surface area contributed by atoms with Crippen molar-refractivity contribution in [1.29, 1.82) is 0 Å². The molecule has 2 unspecified atom stereocenters. The average molecular weight is 217 g/mol. The molecule has 0 aromatic heterocycles. The quantitative estimate of drug-likeness (QED) is 0.734. The van der Waals surface area contributed by atoms with Crippen molar-refractivity contribution in [3.63, 3.8) is 0 Å². The van der Waals surface area contributed by atoms with E-state index in [2.05, 4.69) is 50.9 Å². The summed E-state index contributed by atoms with van der Waals surface area (Å²) in [5.41, 5.74) is 4.52. The fraction of sp³-hybridized carbons (Fsp3) is 0.600. The molecule has 0 N–H and O–H groups in total. The zero-order chi connectivity index (χ0) is 11.7. The lowest BCUT2D eigenvalue weighted by molar-refractivity contribution is 0.318. The Balaban J connectivity index is 2.32. The summed E-state index contributed by atoms with van der Waals surface area (Å²) in [5, 5.41) is 0. The molecule has 16 heavy (non-hydrogen) atoms. The van der Waals surface area contributed by atoms with Crippen molar-refractivity contribution >= 4 is 0 Å². The molecule has 1 heterocycles. The first kappa shape index (κ1) is 11.7. The summed E-state index contributed by atoms with van der Waals surface area (Å²) in [4.78, 5) is 2.47. The van der Waals surface area contributed by atoms with Crippen LogP contribution in [0.1, 0.15) is 42.9 Å². The van der Waals surface area contributed by atoms with Crippen LogP contribution in [0.4, 0.5) is 0 Å². The van der Waals surface area contributed by atoms with Crippen LogP contribution < -0.4 is 0 Å². The Kier molecular flexibility index (Phi) is 3.34. The molecule has 88 valence electrons. The highest BCUT2D eigenvalue weighted by molar-refractivity contribution is 5.35. The van der Waals surface area contributed by atoms with E-state index in [1.165, 1.54) is 24.1 Å². The number of likely N-dealkylation sites (tertiary alicyclic amines) is 1. The van der Waals surface area contributed by atoms with Crippen LogP contribution in [-0.4, -0.2) is 24.5 Å². The van der Waals surface area contributed by atoms with Gasteiger partial charge in [-0.1, -0.05) is 25.1 Å². The van der Waals surface area contributed by atoms with E-state index in [1.807, 2.05) is 0 Å². The van der Waals surface area contributed by atoms with Gasteiger partial charge in [0.05, 0.1) is 0 Å². The molecule has 2 rings (SSSR count). The van der Waals surface area contributed by atoms with Crippen molar-refractivity contribution in [2.45, 2.75) is 45.6 Å². The van der Waals surface area contributed by atoms with Gasteiger partial charge in [-0.3, -0.25) is 0 Å². The summed E-state index contributed by atoms with van der Waals surface area (Å²) in [7, 11) is 2.24. The Hall–Kier alpha value is -0.820. The van der Waals surface area contributed by atoms with Gasteiger partial charge in [-0.25, -0.2) is 0 Å². The average Bonchev–Trinajstić information content (AvgIpc) is 2.61. The van der Waals surface area contributed by atoms with Crippen molar-refractivity contribution in [3.8, 4) is 0 Å². The highest BCUT2D eigenvalue weighted by Gasteiger charge is 2.29. The minimum Gasteiger partial charge on any atom is -0.303 e. The standard InChI is InChI=1S/C15H23N/c1-5-13-7-6-11(2)15(10-13)14-8-9-16(4)12(14)3/h6-7,10,12,14H,5,8-9H2,1-4H3. The van der Waals surface area contributed by atoms with E-state index < -0.39 is 0 Å². The Labute approximate surface area is 99.5 Å². The maximum Gasteiger partial charge on any atom is 0.0133 e. The van der Waals surface area contributed by atoms with Crippen LogP contribution in [-0.2, 0) is 6.42 Å². The van der Waals surface area contributed by atoms with Crippen LogP contribution in [0.25, 0.3) is 0 Å². The summed E-state index contributed by atoms with van der Waals surface area (Å²) in [6.07, 6.45) is 2.45. The van der Waals surface area contributed by atoms with Crippen molar-refractivity contribution in [1.82, 2.24) is 4.90 Å². The summed E-state index contributed by atoms with van der Waals surface area (Å²) in [6, 6.07) is 7.67. The van der Waals surface area contributed by atoms with Crippen molar-refractivity contribution in [2.24, 2.45) is 0 Å². The van der Waals surface area contributed by atoms with E-state index >= 15 is 0 Å². The van der Waals surface area contributed by atoms with E-state index in [-0.39, 0.29) is 0 Å². The SMILES string of the molecule is CCc1ccc(C)c(C2CCN(C)C2C)c1. The molecule has 1 aliphatic rings. The van der Waals surface area contributed by atoms with Crippen molar-refractivity contribution in [3.05, 3.63) is 34.9 Å². The first-order valence-corrected chi connectivity index (χ1v) is 6.43. The van der Waals surface area contributed by atoms with E-state index in [4.69, 9.17) is 0 Å². The van der Waals surface area contributed by atoms with E-state index in [0.29, 0.717) is 6.04 Å². The first-order chi connectivity index (χ1) is 7.63. The maximum absolute atomic E-state index is 2.47. The lowest BCUT2D eigenvalue weighted by atomic mass is 9.88. The molecule has 1 heteroatoms. The van der Waals surface area contributed by atoms with Gasteiger partial charge in [-0.2, -0.15) is 0 Å². The molecule has 0 saturated carbocycles. The lowest BCUT2D eigenvalue weighted by Gasteiger charge is -2.22. The first-order valence-electron chi connectivity index (χ1n) is 6.43. The minimum atomic E-state index is 0.686. The predicted octanol–water partition coefficient (Wildman–Crippen LogP) is 3.37. The monoisotopic (exact) mass is 217 g/mol. The highest BCUT2D eigenvalue weighted by Crippen LogP contribution is 2.34. The largest absolute Gasteiger partial charge is 0.303 e. The fourth-order valence-corrected chi connectivity index (χ4v) is 2.82. The zero-order valence-electron chi connectivity index (χ0n) is 11.0. The Bertz CT molecular complexity index is 370. The number of benzene rings is 1. The smallest absolute Gasteiger partial charge is 0.0133 e. The van der Waals surface area contributed by atoms with Gasteiger partial charge in [0.15, 0.2) is 0 Å². The normalized spacial score (nSPS) is 26.2. The molecule has 1 fully saturated rings. The number of hydrogen-bond donors (Lipinski definition) is 0. The lowest BCUT2D eigenvalue weighted by Crippen LogP contribution is -2.25. The number of likely N-dealkylation sites (N-methyl/N-ethyl adjacent to an activating group) is 1. The molecule has 0 spiro atoms. The number of aryl methyl sites for hydroxylation is 2. The van der Waals surface area contributed by atoms with Gasteiger partial charge in [-0.15, -0.1) is 0 Å². The third-order valence-electron chi connectivity index (χ3n) is 4.22. The van der Waals surface area contributed by atoms with Crippen molar-refractivity contribution < 1.29 is 0 Å². The highest BCUT2D eigenvalue weighted by atomic mass is 15.1. The number of rotatable bonds is 2. The predicted molar refractivity (Wildman–Crippen MR) is 70.0 cm³/mol. The zero-order valence-corrected chi connectivity index (χ0v) is 11.0. The Morgan fingerprint density at radius 3 is 2.69 bits per heavy atom. The molecule has 1 aromatic rings. The summed E-state index contributed by atoms with van der Waals surface area (Å²) < 4.78 is 0. The third kappa shape index (κ3) is 2.01. The van der Waals surface area contributed by atoms with Gasteiger partial charge in [0, 0.05) is 12.0 Å². The summed E-state index contributed by atoms with van der Waals surface area (Å²) in [5.74, 6) is 0.733. The second-order valence-electron chi connectivity index (χ2n) is 5.16. The topological polar surface area (TPSA) is 3.24 Å². The molecular weight excluding hydrogens is 194 g/mol. The molecule has 1 nitrogen and oxygen atoms in total.